The standard InChI is InChI=1S/C20H20F2N2O2S/c21-15-3-7-17(8-4-15)27-10-9-19(25)24(16-5-6-16)12-14-2-1-13(20(23)26)11-18(14)22/h1-4,7-8,11,16H,5-6,9-10,12H2,(H2,23,26). The molecule has 4 nitrogen and oxygen atoms in total. The van der Waals surface area contributed by atoms with Crippen LogP contribution in [0, 0.1) is 11.6 Å². The summed E-state index contributed by atoms with van der Waals surface area (Å²) in [5, 5.41) is 0. The first-order chi connectivity index (χ1) is 12.9. The van der Waals surface area contributed by atoms with Crippen molar-refractivity contribution < 1.29 is 18.4 Å². The highest BCUT2D eigenvalue weighted by Crippen LogP contribution is 2.30. The highest BCUT2D eigenvalue weighted by atomic mass is 32.2. The summed E-state index contributed by atoms with van der Waals surface area (Å²) in [4.78, 5) is 26.4. The Labute approximate surface area is 160 Å². The maximum absolute atomic E-state index is 14.2. The van der Waals surface area contributed by atoms with Crippen molar-refractivity contribution in [2.45, 2.75) is 36.7 Å². The molecule has 3 rings (SSSR count). The van der Waals surface area contributed by atoms with E-state index in [1.54, 1.807) is 17.0 Å². The van der Waals surface area contributed by atoms with Gasteiger partial charge < -0.3 is 10.6 Å². The smallest absolute Gasteiger partial charge is 0.248 e. The molecule has 2 aromatic rings. The molecule has 0 spiro atoms. The number of hydrogen-bond donors (Lipinski definition) is 1. The molecule has 2 amide bonds. The number of nitrogens with zero attached hydrogens (tertiary/aromatic N) is 1. The van der Waals surface area contributed by atoms with Crippen LogP contribution >= 0.6 is 11.8 Å². The molecule has 142 valence electrons. The van der Waals surface area contributed by atoms with E-state index in [1.807, 2.05) is 0 Å². The third-order valence-corrected chi connectivity index (χ3v) is 5.40. The number of hydrogen-bond acceptors (Lipinski definition) is 3. The van der Waals surface area contributed by atoms with Crippen molar-refractivity contribution in [3.05, 3.63) is 65.2 Å². The lowest BCUT2D eigenvalue weighted by atomic mass is 10.1. The molecule has 1 fully saturated rings. The summed E-state index contributed by atoms with van der Waals surface area (Å²) in [6, 6.07) is 10.4. The van der Waals surface area contributed by atoms with E-state index in [9.17, 15) is 18.4 Å². The summed E-state index contributed by atoms with van der Waals surface area (Å²) in [6.45, 7) is 0.176. The van der Waals surface area contributed by atoms with Crippen LogP contribution in [0.2, 0.25) is 0 Å². The summed E-state index contributed by atoms with van der Waals surface area (Å²) < 4.78 is 27.2. The number of thioether (sulfide) groups is 1. The van der Waals surface area contributed by atoms with Crippen LogP contribution in [-0.4, -0.2) is 28.5 Å². The number of primary amides is 1. The second-order valence-electron chi connectivity index (χ2n) is 6.48. The van der Waals surface area contributed by atoms with Crippen molar-refractivity contribution in [3.8, 4) is 0 Å². The third-order valence-electron chi connectivity index (χ3n) is 4.38. The Morgan fingerprint density at radius 3 is 2.41 bits per heavy atom. The minimum atomic E-state index is -0.687. The number of carbonyl (C=O) groups excluding carboxylic acids is 2. The van der Waals surface area contributed by atoms with Crippen LogP contribution in [0.25, 0.3) is 0 Å². The van der Waals surface area contributed by atoms with Gasteiger partial charge >= 0.3 is 0 Å². The fraction of sp³-hybridized carbons (Fsp3) is 0.300. The highest BCUT2D eigenvalue weighted by Gasteiger charge is 2.32. The first-order valence-electron chi connectivity index (χ1n) is 8.70. The van der Waals surface area contributed by atoms with Gasteiger partial charge in [0, 0.05) is 40.8 Å². The van der Waals surface area contributed by atoms with Crippen molar-refractivity contribution in [1.29, 1.82) is 0 Å². The second-order valence-corrected chi connectivity index (χ2v) is 7.64. The quantitative estimate of drug-likeness (QED) is 0.699. The van der Waals surface area contributed by atoms with Crippen LogP contribution < -0.4 is 5.73 Å². The lowest BCUT2D eigenvalue weighted by Crippen LogP contribution is -2.33. The van der Waals surface area contributed by atoms with Crippen molar-refractivity contribution in [3.63, 3.8) is 0 Å². The Bertz CT molecular complexity index is 838. The Morgan fingerprint density at radius 2 is 1.81 bits per heavy atom. The van der Waals surface area contributed by atoms with E-state index < -0.39 is 11.7 Å². The Hall–Kier alpha value is -2.41. The van der Waals surface area contributed by atoms with Gasteiger partial charge in [0.05, 0.1) is 0 Å². The van der Waals surface area contributed by atoms with Crippen LogP contribution in [0.5, 0.6) is 0 Å². The topological polar surface area (TPSA) is 63.4 Å². The average molecular weight is 390 g/mol. The molecule has 0 unspecified atom stereocenters. The first kappa shape index (κ1) is 19.4. The lowest BCUT2D eigenvalue weighted by Gasteiger charge is -2.23. The van der Waals surface area contributed by atoms with Gasteiger partial charge in [-0.2, -0.15) is 0 Å². The van der Waals surface area contributed by atoms with Crippen LogP contribution in [0.3, 0.4) is 0 Å². The molecule has 2 N–H and O–H groups in total. The summed E-state index contributed by atoms with van der Waals surface area (Å²) in [5.74, 6) is -0.986. The maximum Gasteiger partial charge on any atom is 0.248 e. The van der Waals surface area contributed by atoms with E-state index in [2.05, 4.69) is 0 Å². The fourth-order valence-corrected chi connectivity index (χ4v) is 3.59. The van der Waals surface area contributed by atoms with Crippen molar-refractivity contribution >= 4 is 23.6 Å². The molecule has 0 radical (unpaired) electrons. The van der Waals surface area contributed by atoms with E-state index in [0.717, 1.165) is 23.8 Å². The SMILES string of the molecule is NC(=O)c1ccc(CN(C(=O)CCSc2ccc(F)cc2)C2CC2)c(F)c1. The number of amides is 2. The minimum Gasteiger partial charge on any atom is -0.366 e. The van der Waals surface area contributed by atoms with Crippen molar-refractivity contribution in [2.75, 3.05) is 5.75 Å². The molecule has 1 aliphatic carbocycles. The van der Waals surface area contributed by atoms with Crippen LogP contribution in [0.4, 0.5) is 8.78 Å². The number of carbonyl (C=O) groups is 2. The predicted molar refractivity (Wildman–Crippen MR) is 100 cm³/mol. The van der Waals surface area contributed by atoms with Gasteiger partial charge in [0.2, 0.25) is 11.8 Å². The highest BCUT2D eigenvalue weighted by molar-refractivity contribution is 7.99. The number of nitrogens with two attached hydrogens (primary N) is 1. The average Bonchev–Trinajstić information content (AvgIpc) is 3.47. The molecular formula is C20H20F2N2O2S. The summed E-state index contributed by atoms with van der Waals surface area (Å²) in [6.07, 6.45) is 2.15. The molecular weight excluding hydrogens is 370 g/mol. The van der Waals surface area contributed by atoms with E-state index in [-0.39, 0.29) is 29.9 Å². The molecule has 0 bridgehead atoms. The normalized spacial score (nSPS) is 13.4. The molecule has 27 heavy (non-hydrogen) atoms. The molecule has 7 heteroatoms. The van der Waals surface area contributed by atoms with Gasteiger partial charge in [0.25, 0.3) is 0 Å². The maximum atomic E-state index is 14.2. The lowest BCUT2D eigenvalue weighted by molar-refractivity contribution is -0.132. The first-order valence-corrected chi connectivity index (χ1v) is 9.68. The van der Waals surface area contributed by atoms with Gasteiger partial charge in [-0.05, 0) is 49.2 Å². The zero-order valence-corrected chi connectivity index (χ0v) is 15.5. The van der Waals surface area contributed by atoms with E-state index >= 15 is 0 Å². The number of benzene rings is 2. The molecule has 0 heterocycles. The predicted octanol–water partition coefficient (Wildman–Crippen LogP) is 3.74. The van der Waals surface area contributed by atoms with Gasteiger partial charge in [0.15, 0.2) is 0 Å². The minimum absolute atomic E-state index is 0.0366. The van der Waals surface area contributed by atoms with Crippen LogP contribution in [-0.2, 0) is 11.3 Å². The van der Waals surface area contributed by atoms with Crippen LogP contribution in [0.1, 0.15) is 35.2 Å². The van der Waals surface area contributed by atoms with Crippen molar-refractivity contribution in [1.82, 2.24) is 4.90 Å². The Kier molecular flexibility index (Phi) is 6.11. The van der Waals surface area contributed by atoms with Crippen LogP contribution in [0.15, 0.2) is 47.4 Å². The van der Waals surface area contributed by atoms with E-state index in [4.69, 9.17) is 5.73 Å². The molecule has 0 saturated heterocycles. The van der Waals surface area contributed by atoms with Gasteiger partial charge in [-0.25, -0.2) is 8.78 Å². The molecule has 1 aliphatic rings. The van der Waals surface area contributed by atoms with Gasteiger partial charge in [-0.15, -0.1) is 11.8 Å². The largest absolute Gasteiger partial charge is 0.366 e. The third kappa shape index (κ3) is 5.29. The van der Waals surface area contributed by atoms with Crippen molar-refractivity contribution in [2.24, 2.45) is 5.73 Å². The Balaban J connectivity index is 1.59. The van der Waals surface area contributed by atoms with E-state index in [0.29, 0.717) is 17.7 Å². The summed E-state index contributed by atoms with van der Waals surface area (Å²) >= 11 is 1.48. The van der Waals surface area contributed by atoms with Gasteiger partial charge in [-0.3, -0.25) is 9.59 Å². The zero-order valence-electron chi connectivity index (χ0n) is 14.7. The molecule has 0 aliphatic heterocycles. The summed E-state index contributed by atoms with van der Waals surface area (Å²) in [5.41, 5.74) is 5.63. The zero-order chi connectivity index (χ0) is 19.4. The number of rotatable bonds is 8. The molecule has 0 aromatic heterocycles. The van der Waals surface area contributed by atoms with Gasteiger partial charge in [-0.1, -0.05) is 6.07 Å². The second kappa shape index (κ2) is 8.52. The summed E-state index contributed by atoms with van der Waals surface area (Å²) in [7, 11) is 0. The monoisotopic (exact) mass is 390 g/mol. The Morgan fingerprint density at radius 1 is 1.11 bits per heavy atom. The number of halogens is 2. The van der Waals surface area contributed by atoms with E-state index in [1.165, 1.54) is 36.0 Å². The molecule has 2 aromatic carbocycles. The molecule has 0 atom stereocenters. The molecule has 1 saturated carbocycles. The van der Waals surface area contributed by atoms with Gasteiger partial charge in [0.1, 0.15) is 11.6 Å². The fourth-order valence-electron chi connectivity index (χ4n) is 2.75.